The number of aryl methyl sites for hydroxylation is 3. The first-order chi connectivity index (χ1) is 11.2. The molecular weight excluding hydrogens is 338 g/mol. The third-order valence-electron chi connectivity index (χ3n) is 3.93. The number of sulfonamides is 1. The van der Waals surface area contributed by atoms with Crippen LogP contribution in [0.5, 0.6) is 0 Å². The molecule has 1 unspecified atom stereocenters. The molecule has 1 aromatic carbocycles. The fourth-order valence-corrected chi connectivity index (χ4v) is 4.24. The minimum absolute atomic E-state index is 0.0147. The molecule has 0 saturated carbocycles. The van der Waals surface area contributed by atoms with E-state index in [1.54, 1.807) is 0 Å². The monoisotopic (exact) mass is 358 g/mol. The SMILES string of the molecule is Cc1noc(C)c1S(=O)(=O)N(C)C(CCc1ccccc1)C(F)F. The van der Waals surface area contributed by atoms with Crippen molar-refractivity contribution in [3.63, 3.8) is 0 Å². The van der Waals surface area contributed by atoms with E-state index in [4.69, 9.17) is 4.52 Å². The van der Waals surface area contributed by atoms with Gasteiger partial charge in [-0.15, -0.1) is 0 Å². The second-order valence-corrected chi connectivity index (χ2v) is 7.53. The smallest absolute Gasteiger partial charge is 0.255 e. The fraction of sp³-hybridized carbons (Fsp3) is 0.438. The summed E-state index contributed by atoms with van der Waals surface area (Å²) in [7, 11) is -2.94. The van der Waals surface area contributed by atoms with Crippen LogP contribution in [0.4, 0.5) is 8.78 Å². The first-order valence-corrected chi connectivity index (χ1v) is 8.92. The van der Waals surface area contributed by atoms with E-state index >= 15 is 0 Å². The molecular formula is C16H20F2N2O3S. The Balaban J connectivity index is 2.24. The largest absolute Gasteiger partial charge is 0.360 e. The van der Waals surface area contributed by atoms with E-state index in [-0.39, 0.29) is 22.8 Å². The van der Waals surface area contributed by atoms with E-state index in [2.05, 4.69) is 5.16 Å². The average molecular weight is 358 g/mol. The summed E-state index contributed by atoms with van der Waals surface area (Å²) in [6.45, 7) is 2.92. The molecule has 0 aliphatic heterocycles. The van der Waals surface area contributed by atoms with E-state index in [9.17, 15) is 17.2 Å². The van der Waals surface area contributed by atoms with Crippen molar-refractivity contribution in [2.24, 2.45) is 0 Å². The summed E-state index contributed by atoms with van der Waals surface area (Å²) in [6, 6.07) is 7.69. The van der Waals surface area contributed by atoms with Crippen molar-refractivity contribution in [1.29, 1.82) is 0 Å². The van der Waals surface area contributed by atoms with Crippen LogP contribution in [0.2, 0.25) is 0 Å². The Morgan fingerprint density at radius 1 is 1.21 bits per heavy atom. The quantitative estimate of drug-likeness (QED) is 0.763. The minimum Gasteiger partial charge on any atom is -0.360 e. The van der Waals surface area contributed by atoms with E-state index < -0.39 is 22.5 Å². The highest BCUT2D eigenvalue weighted by molar-refractivity contribution is 7.89. The van der Waals surface area contributed by atoms with Crippen LogP contribution in [-0.4, -0.2) is 37.4 Å². The number of nitrogens with zero attached hydrogens (tertiary/aromatic N) is 2. The summed E-state index contributed by atoms with van der Waals surface area (Å²) in [5, 5.41) is 3.59. The lowest BCUT2D eigenvalue weighted by molar-refractivity contribution is 0.0658. The maximum atomic E-state index is 13.5. The molecule has 1 atom stereocenters. The Labute approximate surface area is 140 Å². The third-order valence-corrected chi connectivity index (χ3v) is 6.06. The maximum absolute atomic E-state index is 13.5. The topological polar surface area (TPSA) is 63.4 Å². The number of alkyl halides is 2. The van der Waals surface area contributed by atoms with Crippen molar-refractivity contribution in [3.8, 4) is 0 Å². The van der Waals surface area contributed by atoms with Crippen molar-refractivity contribution in [1.82, 2.24) is 9.46 Å². The summed E-state index contributed by atoms with van der Waals surface area (Å²) in [4.78, 5) is -0.143. The van der Waals surface area contributed by atoms with Crippen molar-refractivity contribution < 1.29 is 21.7 Å². The summed E-state index contributed by atoms with van der Waals surface area (Å²) in [5.41, 5.74) is 1.04. The molecule has 2 rings (SSSR count). The van der Waals surface area contributed by atoms with Crippen LogP contribution in [0, 0.1) is 13.8 Å². The normalized spacial score (nSPS) is 13.6. The second-order valence-electron chi connectivity index (χ2n) is 5.60. The zero-order valence-corrected chi connectivity index (χ0v) is 14.6. The van der Waals surface area contributed by atoms with Crippen LogP contribution in [0.15, 0.2) is 39.8 Å². The summed E-state index contributed by atoms with van der Waals surface area (Å²) in [6.07, 6.45) is -2.42. The highest BCUT2D eigenvalue weighted by Crippen LogP contribution is 2.27. The molecule has 24 heavy (non-hydrogen) atoms. The van der Waals surface area contributed by atoms with Gasteiger partial charge in [0.1, 0.15) is 10.6 Å². The van der Waals surface area contributed by atoms with Gasteiger partial charge < -0.3 is 4.52 Å². The molecule has 0 spiro atoms. The van der Waals surface area contributed by atoms with Gasteiger partial charge in [0.05, 0.1) is 6.04 Å². The summed E-state index contributed by atoms with van der Waals surface area (Å²) < 4.78 is 57.9. The van der Waals surface area contributed by atoms with Crippen LogP contribution >= 0.6 is 0 Å². The van der Waals surface area contributed by atoms with Crippen LogP contribution < -0.4 is 0 Å². The Hall–Kier alpha value is -1.80. The Bertz CT molecular complexity index is 756. The van der Waals surface area contributed by atoms with E-state index in [0.717, 1.165) is 9.87 Å². The molecule has 1 aromatic heterocycles. The molecule has 132 valence electrons. The van der Waals surface area contributed by atoms with Crippen molar-refractivity contribution in [2.75, 3.05) is 7.05 Å². The standard InChI is InChI=1S/C16H20F2N2O3S/c1-11-15(12(2)23-19-11)24(21,22)20(3)14(16(17)18)10-9-13-7-5-4-6-8-13/h4-8,14,16H,9-10H2,1-3H3. The van der Waals surface area contributed by atoms with Crippen molar-refractivity contribution in [3.05, 3.63) is 47.3 Å². The number of benzene rings is 1. The molecule has 8 heteroatoms. The zero-order chi connectivity index (χ0) is 17.9. The summed E-state index contributed by atoms with van der Waals surface area (Å²) >= 11 is 0. The lowest BCUT2D eigenvalue weighted by Crippen LogP contribution is -2.42. The lowest BCUT2D eigenvalue weighted by atomic mass is 10.1. The molecule has 0 fully saturated rings. The third kappa shape index (κ3) is 3.81. The molecule has 0 saturated heterocycles. The first kappa shape index (κ1) is 18.5. The van der Waals surface area contributed by atoms with Crippen LogP contribution in [0.25, 0.3) is 0 Å². The summed E-state index contributed by atoms with van der Waals surface area (Å²) in [5.74, 6) is 0.0930. The molecule has 0 amide bonds. The predicted octanol–water partition coefficient (Wildman–Crippen LogP) is 3.18. The maximum Gasteiger partial charge on any atom is 0.255 e. The molecule has 0 N–H and O–H groups in total. The van der Waals surface area contributed by atoms with Gasteiger partial charge in [0.2, 0.25) is 10.0 Å². The van der Waals surface area contributed by atoms with Gasteiger partial charge in [0.25, 0.3) is 6.43 Å². The van der Waals surface area contributed by atoms with Crippen LogP contribution in [0.3, 0.4) is 0 Å². The van der Waals surface area contributed by atoms with Crippen LogP contribution in [0.1, 0.15) is 23.4 Å². The van der Waals surface area contributed by atoms with Crippen molar-refractivity contribution in [2.45, 2.75) is 44.1 Å². The number of rotatable bonds is 7. The predicted molar refractivity (Wildman–Crippen MR) is 85.5 cm³/mol. The molecule has 5 nitrogen and oxygen atoms in total. The molecule has 0 bridgehead atoms. The Morgan fingerprint density at radius 2 is 1.83 bits per heavy atom. The molecule has 0 radical (unpaired) electrons. The van der Waals surface area contributed by atoms with Crippen LogP contribution in [-0.2, 0) is 16.4 Å². The van der Waals surface area contributed by atoms with Gasteiger partial charge in [-0.3, -0.25) is 0 Å². The molecule has 0 aliphatic carbocycles. The number of aromatic nitrogens is 1. The van der Waals surface area contributed by atoms with Gasteiger partial charge >= 0.3 is 0 Å². The van der Waals surface area contributed by atoms with Gasteiger partial charge in [-0.2, -0.15) is 4.31 Å². The number of halogens is 2. The average Bonchev–Trinajstić information content (AvgIpc) is 2.87. The van der Waals surface area contributed by atoms with Crippen molar-refractivity contribution >= 4 is 10.0 Å². The fourth-order valence-electron chi connectivity index (χ4n) is 2.59. The first-order valence-electron chi connectivity index (χ1n) is 7.48. The number of hydrogen-bond donors (Lipinski definition) is 0. The lowest BCUT2D eigenvalue weighted by Gasteiger charge is -2.26. The molecule has 0 aliphatic rings. The van der Waals surface area contributed by atoms with E-state index in [0.29, 0.717) is 6.42 Å². The number of hydrogen-bond acceptors (Lipinski definition) is 4. The highest BCUT2D eigenvalue weighted by atomic mass is 32.2. The van der Waals surface area contributed by atoms with Gasteiger partial charge in [-0.25, -0.2) is 17.2 Å². The van der Waals surface area contributed by atoms with Gasteiger partial charge in [0.15, 0.2) is 5.76 Å². The Morgan fingerprint density at radius 3 is 2.33 bits per heavy atom. The van der Waals surface area contributed by atoms with E-state index in [1.165, 1.54) is 20.9 Å². The molecule has 1 heterocycles. The van der Waals surface area contributed by atoms with Gasteiger partial charge in [0, 0.05) is 7.05 Å². The molecule has 2 aromatic rings. The second kappa shape index (κ2) is 7.40. The zero-order valence-electron chi connectivity index (χ0n) is 13.7. The van der Waals surface area contributed by atoms with Gasteiger partial charge in [-0.05, 0) is 32.3 Å². The minimum atomic E-state index is -4.11. The van der Waals surface area contributed by atoms with Gasteiger partial charge in [-0.1, -0.05) is 35.5 Å². The highest BCUT2D eigenvalue weighted by Gasteiger charge is 2.36. The van der Waals surface area contributed by atoms with E-state index in [1.807, 2.05) is 30.3 Å². The Kier molecular flexibility index (Phi) is 5.71.